The van der Waals surface area contributed by atoms with Crippen molar-refractivity contribution in [2.45, 2.75) is 38.0 Å². The number of nitrogens with one attached hydrogen (secondary N) is 1. The van der Waals surface area contributed by atoms with Crippen LogP contribution in [0.15, 0.2) is 28.6 Å². The number of rotatable bonds is 5. The first-order valence-corrected chi connectivity index (χ1v) is 8.19. The minimum Gasteiger partial charge on any atom is -0.242 e. The summed E-state index contributed by atoms with van der Waals surface area (Å²) in [5.74, 6) is 0. The van der Waals surface area contributed by atoms with Gasteiger partial charge in [-0.25, -0.2) is 8.93 Å². The Morgan fingerprint density at radius 2 is 2.29 bits per heavy atom. The van der Waals surface area contributed by atoms with Crippen molar-refractivity contribution in [2.75, 3.05) is 0 Å². The maximum atomic E-state index is 12.1. The van der Waals surface area contributed by atoms with E-state index in [1.807, 2.05) is 32.2 Å². The predicted octanol–water partition coefficient (Wildman–Crippen LogP) is 4.18. The van der Waals surface area contributed by atoms with Gasteiger partial charge >= 0.3 is 0 Å². The molecular weight excluding hydrogens is 318 g/mol. The molecule has 1 aromatic heterocycles. The predicted molar refractivity (Wildman–Crippen MR) is 80.6 cm³/mol. The van der Waals surface area contributed by atoms with Crippen LogP contribution in [0.5, 0.6) is 0 Å². The highest BCUT2D eigenvalue weighted by Gasteiger charge is 2.23. The van der Waals surface area contributed by atoms with Gasteiger partial charge in [-0.2, -0.15) is 0 Å². The minimum absolute atomic E-state index is 0.0730. The van der Waals surface area contributed by atoms with Crippen molar-refractivity contribution in [1.29, 1.82) is 0 Å². The van der Waals surface area contributed by atoms with Crippen LogP contribution in [0.3, 0.4) is 0 Å². The Hall–Kier alpha value is 0.0300. The molecular formula is C12H18BrNOS2. The van der Waals surface area contributed by atoms with Gasteiger partial charge in [-0.1, -0.05) is 6.08 Å². The molecule has 0 spiro atoms. The van der Waals surface area contributed by atoms with Crippen molar-refractivity contribution < 1.29 is 4.21 Å². The largest absolute Gasteiger partial charge is 0.242 e. The van der Waals surface area contributed by atoms with Gasteiger partial charge in [0.15, 0.2) is 0 Å². The van der Waals surface area contributed by atoms with E-state index in [1.54, 1.807) is 11.3 Å². The Bertz CT molecular complexity index is 409. The summed E-state index contributed by atoms with van der Waals surface area (Å²) in [6.45, 7) is 9.65. The Morgan fingerprint density at radius 1 is 1.65 bits per heavy atom. The van der Waals surface area contributed by atoms with Gasteiger partial charge in [0, 0.05) is 14.7 Å². The van der Waals surface area contributed by atoms with Crippen molar-refractivity contribution in [3.63, 3.8) is 0 Å². The van der Waals surface area contributed by atoms with Crippen molar-refractivity contribution in [3.8, 4) is 0 Å². The molecule has 1 heterocycles. The number of hydrogen-bond donors (Lipinski definition) is 1. The van der Waals surface area contributed by atoms with Crippen LogP contribution in [0.25, 0.3) is 0 Å². The van der Waals surface area contributed by atoms with Crippen LogP contribution in [-0.2, 0) is 11.0 Å². The zero-order chi connectivity index (χ0) is 13.1. The molecule has 2 atom stereocenters. The van der Waals surface area contributed by atoms with E-state index < -0.39 is 11.0 Å². The zero-order valence-corrected chi connectivity index (χ0v) is 13.5. The highest BCUT2D eigenvalue weighted by molar-refractivity contribution is 9.10. The van der Waals surface area contributed by atoms with Crippen LogP contribution >= 0.6 is 27.3 Å². The second-order valence-corrected chi connectivity index (χ2v) is 8.60. The first kappa shape index (κ1) is 15.1. The maximum absolute atomic E-state index is 12.1. The highest BCUT2D eigenvalue weighted by Crippen LogP contribution is 2.28. The molecule has 0 aliphatic carbocycles. The third-order valence-electron chi connectivity index (χ3n) is 2.14. The summed E-state index contributed by atoms with van der Waals surface area (Å²) >= 11 is 5.10. The molecule has 0 aromatic carbocycles. The molecule has 0 aliphatic rings. The maximum Gasteiger partial charge on any atom is 0.0976 e. The van der Waals surface area contributed by atoms with E-state index in [-0.39, 0.29) is 10.8 Å². The lowest BCUT2D eigenvalue weighted by atomic mass is 10.2. The summed E-state index contributed by atoms with van der Waals surface area (Å²) in [7, 11) is -1.07. The quantitative estimate of drug-likeness (QED) is 0.803. The van der Waals surface area contributed by atoms with Gasteiger partial charge in [0.1, 0.15) is 0 Å². The van der Waals surface area contributed by atoms with E-state index in [1.165, 1.54) is 4.88 Å². The van der Waals surface area contributed by atoms with E-state index in [0.717, 1.165) is 10.9 Å². The van der Waals surface area contributed by atoms with E-state index in [4.69, 9.17) is 0 Å². The molecule has 0 unspecified atom stereocenters. The van der Waals surface area contributed by atoms with Crippen LogP contribution in [-0.4, -0.2) is 8.96 Å². The van der Waals surface area contributed by atoms with E-state index in [0.29, 0.717) is 0 Å². The summed E-state index contributed by atoms with van der Waals surface area (Å²) in [5.41, 5.74) is 0. The molecule has 1 N–H and O–H groups in total. The molecule has 0 amide bonds. The number of hydrogen-bond acceptors (Lipinski definition) is 2. The minimum atomic E-state index is -1.07. The second kappa shape index (κ2) is 6.27. The first-order valence-electron chi connectivity index (χ1n) is 5.37. The third kappa shape index (κ3) is 4.66. The fraction of sp³-hybridized carbons (Fsp3) is 0.500. The highest BCUT2D eigenvalue weighted by atomic mass is 79.9. The van der Waals surface area contributed by atoms with Gasteiger partial charge in [0.2, 0.25) is 0 Å². The van der Waals surface area contributed by atoms with Gasteiger partial charge in [0.05, 0.1) is 21.8 Å². The summed E-state index contributed by atoms with van der Waals surface area (Å²) in [6.07, 6.45) is 2.62. The Balaban J connectivity index is 2.80. The number of halogens is 1. The first-order chi connectivity index (χ1) is 7.84. The molecule has 0 saturated carbocycles. The summed E-state index contributed by atoms with van der Waals surface area (Å²) < 4.78 is 16.1. The number of thiophene rings is 1. The van der Waals surface area contributed by atoms with E-state index in [2.05, 4.69) is 33.3 Å². The topological polar surface area (TPSA) is 29.1 Å². The van der Waals surface area contributed by atoms with Crippen LogP contribution < -0.4 is 4.72 Å². The van der Waals surface area contributed by atoms with Crippen LogP contribution in [0, 0.1) is 0 Å². The summed E-state index contributed by atoms with van der Waals surface area (Å²) in [5, 5.41) is 2.03. The van der Waals surface area contributed by atoms with Gasteiger partial charge in [0.25, 0.3) is 0 Å². The molecule has 96 valence electrons. The fourth-order valence-corrected chi connectivity index (χ4v) is 3.63. The van der Waals surface area contributed by atoms with Crippen molar-refractivity contribution in [1.82, 2.24) is 4.72 Å². The molecule has 0 aliphatic heterocycles. The van der Waals surface area contributed by atoms with E-state index >= 15 is 0 Å². The lowest BCUT2D eigenvalue weighted by molar-refractivity contribution is 0.605. The molecule has 0 fully saturated rings. The second-order valence-electron chi connectivity index (χ2n) is 4.74. The monoisotopic (exact) mass is 335 g/mol. The Kier molecular flexibility index (Phi) is 5.57. The Labute approximate surface area is 118 Å². The fourth-order valence-electron chi connectivity index (χ4n) is 1.21. The van der Waals surface area contributed by atoms with Gasteiger partial charge < -0.3 is 0 Å². The molecule has 0 saturated heterocycles. The lowest BCUT2D eigenvalue weighted by Gasteiger charge is -2.22. The lowest BCUT2D eigenvalue weighted by Crippen LogP contribution is -2.35. The van der Waals surface area contributed by atoms with Crippen molar-refractivity contribution in [3.05, 3.63) is 33.5 Å². The van der Waals surface area contributed by atoms with E-state index in [9.17, 15) is 4.21 Å². The molecule has 5 heteroatoms. The van der Waals surface area contributed by atoms with Crippen molar-refractivity contribution in [2.24, 2.45) is 0 Å². The smallest absolute Gasteiger partial charge is 0.0976 e. The van der Waals surface area contributed by atoms with Gasteiger partial charge in [-0.05, 0) is 49.2 Å². The molecule has 2 nitrogen and oxygen atoms in total. The van der Waals surface area contributed by atoms with Crippen LogP contribution in [0.2, 0.25) is 0 Å². The molecule has 1 rings (SSSR count). The van der Waals surface area contributed by atoms with Crippen LogP contribution in [0.4, 0.5) is 0 Å². The average molecular weight is 336 g/mol. The summed E-state index contributed by atoms with van der Waals surface area (Å²) in [6, 6.07) is 2.13. The Morgan fingerprint density at radius 3 is 2.71 bits per heavy atom. The molecule has 0 radical (unpaired) electrons. The van der Waals surface area contributed by atoms with Gasteiger partial charge in [-0.3, -0.25) is 0 Å². The molecule has 1 aromatic rings. The standard InChI is InChI=1S/C12H18BrNOS2/c1-5-6-10(11-7-9(13)8-16-11)14-17(15)12(2,3)4/h5,7-8,10,14H,1,6H2,2-4H3/t10-,17+/m0/s1. The molecule has 17 heavy (non-hydrogen) atoms. The van der Waals surface area contributed by atoms with Crippen molar-refractivity contribution >= 4 is 38.3 Å². The third-order valence-corrected chi connectivity index (χ3v) is 5.56. The summed E-state index contributed by atoms with van der Waals surface area (Å²) in [4.78, 5) is 1.18. The molecule has 0 bridgehead atoms. The van der Waals surface area contributed by atoms with Gasteiger partial charge in [-0.15, -0.1) is 17.9 Å². The normalized spacial score (nSPS) is 15.5. The zero-order valence-electron chi connectivity index (χ0n) is 10.3. The van der Waals surface area contributed by atoms with Crippen LogP contribution in [0.1, 0.15) is 38.1 Å². The SMILES string of the molecule is C=CC[C@H](N[S@](=O)C(C)(C)C)c1cc(Br)cs1. The average Bonchev–Trinajstić information content (AvgIpc) is 2.62.